The van der Waals surface area contributed by atoms with Crippen LogP contribution in [0.5, 0.6) is 0 Å². The molecule has 0 fully saturated rings. The topological polar surface area (TPSA) is 157 Å². The molecule has 0 saturated heterocycles. The Morgan fingerprint density at radius 3 is 1.83 bits per heavy atom. The molecule has 2 aromatic carbocycles. The molecule has 0 amide bonds. The Balaban J connectivity index is 2.01. The van der Waals surface area contributed by atoms with Gasteiger partial charge in [0.1, 0.15) is 36.9 Å². The number of esters is 3. The predicted octanol–water partition coefficient (Wildman–Crippen LogP) is 1.28. The van der Waals surface area contributed by atoms with Gasteiger partial charge in [-0.1, -0.05) is 36.4 Å². The summed E-state index contributed by atoms with van der Waals surface area (Å²) >= 11 is 0. The zero-order valence-corrected chi connectivity index (χ0v) is 20.6. The molecule has 36 heavy (non-hydrogen) atoms. The van der Waals surface area contributed by atoms with Crippen LogP contribution in [0.3, 0.4) is 0 Å². The lowest BCUT2D eigenvalue weighted by molar-refractivity contribution is -0.169. The quantitative estimate of drug-likeness (QED) is 0.206. The average molecular weight is 505 g/mol. The van der Waals surface area contributed by atoms with E-state index in [2.05, 4.69) is 0 Å². The molecule has 0 spiro atoms. The number of aliphatic hydroxyl groups is 3. The van der Waals surface area contributed by atoms with Gasteiger partial charge < -0.3 is 34.3 Å². The Morgan fingerprint density at radius 1 is 0.750 bits per heavy atom. The molecule has 0 aliphatic rings. The normalized spacial score (nSPS) is 14.8. The first-order valence-electron chi connectivity index (χ1n) is 11.3. The molecule has 2 unspecified atom stereocenters. The molecule has 0 heterocycles. The second kappa shape index (κ2) is 12.1. The Labute approximate surface area is 208 Å². The predicted molar refractivity (Wildman–Crippen MR) is 128 cm³/mol. The van der Waals surface area contributed by atoms with E-state index in [0.717, 1.165) is 5.39 Å². The van der Waals surface area contributed by atoms with E-state index in [1.165, 1.54) is 20.8 Å². The molecule has 0 bridgehead atoms. The highest BCUT2D eigenvalue weighted by molar-refractivity contribution is 6.04. The van der Waals surface area contributed by atoms with Crippen molar-refractivity contribution in [1.29, 1.82) is 0 Å². The van der Waals surface area contributed by atoms with E-state index in [4.69, 9.17) is 14.2 Å². The number of benzene rings is 2. The minimum Gasteiger partial charge on any atom is -0.464 e. The van der Waals surface area contributed by atoms with Gasteiger partial charge >= 0.3 is 17.9 Å². The number of aldehydes is 1. The highest BCUT2D eigenvalue weighted by atomic mass is 16.6. The van der Waals surface area contributed by atoms with Gasteiger partial charge in [0, 0.05) is 0 Å². The first-order chi connectivity index (χ1) is 17.0. The monoisotopic (exact) mass is 504 g/mol. The summed E-state index contributed by atoms with van der Waals surface area (Å²) in [7, 11) is 0. The molecular weight excluding hydrogens is 472 g/mol. The third-order valence-electron chi connectivity index (χ3n) is 5.91. The first-order valence-corrected chi connectivity index (χ1v) is 11.3. The van der Waals surface area contributed by atoms with Crippen molar-refractivity contribution in [1.82, 2.24) is 0 Å². The molecule has 10 heteroatoms. The van der Waals surface area contributed by atoms with E-state index in [1.54, 1.807) is 24.3 Å². The highest BCUT2D eigenvalue weighted by Crippen LogP contribution is 2.25. The molecule has 0 aromatic heterocycles. The molecule has 196 valence electrons. The molecule has 0 saturated carbocycles. The summed E-state index contributed by atoms with van der Waals surface area (Å²) in [6.45, 7) is 0.525. The van der Waals surface area contributed by atoms with Crippen molar-refractivity contribution in [2.45, 2.75) is 20.8 Å². The van der Waals surface area contributed by atoms with E-state index < -0.39 is 73.8 Å². The van der Waals surface area contributed by atoms with Crippen molar-refractivity contribution in [3.05, 3.63) is 48.0 Å². The molecular formula is C26H32O10. The Kier molecular flexibility index (Phi) is 9.69. The summed E-state index contributed by atoms with van der Waals surface area (Å²) in [4.78, 5) is 49.2. The third-order valence-corrected chi connectivity index (χ3v) is 5.91. The zero-order valence-electron chi connectivity index (χ0n) is 20.6. The lowest BCUT2D eigenvalue weighted by Gasteiger charge is -2.29. The van der Waals surface area contributed by atoms with Crippen LogP contribution in [0.4, 0.5) is 0 Å². The summed E-state index contributed by atoms with van der Waals surface area (Å²) in [6.07, 6.45) is 0.444. The van der Waals surface area contributed by atoms with Gasteiger partial charge in [0.25, 0.3) is 0 Å². The van der Waals surface area contributed by atoms with Gasteiger partial charge in [-0.05, 0) is 37.6 Å². The van der Waals surface area contributed by atoms with E-state index in [-0.39, 0.29) is 0 Å². The Hall–Kier alpha value is -3.34. The largest absolute Gasteiger partial charge is 0.464 e. The lowest BCUT2D eigenvalue weighted by atomic mass is 9.91. The van der Waals surface area contributed by atoms with Gasteiger partial charge in [0.15, 0.2) is 0 Å². The van der Waals surface area contributed by atoms with Crippen molar-refractivity contribution in [3.8, 4) is 0 Å². The van der Waals surface area contributed by atoms with Crippen LogP contribution in [0.2, 0.25) is 0 Å². The van der Waals surface area contributed by atoms with Crippen LogP contribution < -0.4 is 0 Å². The van der Waals surface area contributed by atoms with Crippen LogP contribution in [0.1, 0.15) is 31.1 Å². The minimum atomic E-state index is -1.62. The number of hydrogen-bond acceptors (Lipinski definition) is 10. The number of rotatable bonds is 13. The highest BCUT2D eigenvalue weighted by Gasteiger charge is 2.40. The molecule has 0 aliphatic carbocycles. The molecule has 2 aromatic rings. The third kappa shape index (κ3) is 6.66. The van der Waals surface area contributed by atoms with Crippen LogP contribution in [-0.2, 0) is 28.6 Å². The number of fused-ring (bicyclic) bond motifs is 1. The second-order valence-corrected chi connectivity index (χ2v) is 9.62. The fourth-order valence-electron chi connectivity index (χ4n) is 2.97. The molecule has 0 aliphatic heterocycles. The fraction of sp³-hybridized carbons (Fsp3) is 0.462. The van der Waals surface area contributed by atoms with Crippen LogP contribution in [0.15, 0.2) is 42.5 Å². The van der Waals surface area contributed by atoms with Crippen molar-refractivity contribution in [2.75, 3.05) is 39.6 Å². The number of carbonyl (C=O) groups is 4. The van der Waals surface area contributed by atoms with Crippen molar-refractivity contribution < 1.29 is 48.7 Å². The van der Waals surface area contributed by atoms with Gasteiger partial charge in [-0.2, -0.15) is 0 Å². The molecule has 3 N–H and O–H groups in total. The number of aliphatic hydroxyl groups excluding tert-OH is 3. The van der Waals surface area contributed by atoms with Crippen molar-refractivity contribution in [2.24, 2.45) is 16.2 Å². The van der Waals surface area contributed by atoms with Crippen molar-refractivity contribution >= 4 is 35.0 Å². The van der Waals surface area contributed by atoms with Gasteiger partial charge in [-0.3, -0.25) is 9.59 Å². The average Bonchev–Trinajstić information content (AvgIpc) is 2.92. The van der Waals surface area contributed by atoms with Crippen LogP contribution in [0.25, 0.3) is 10.8 Å². The summed E-state index contributed by atoms with van der Waals surface area (Å²) < 4.78 is 15.6. The van der Waals surface area contributed by atoms with E-state index in [1.807, 2.05) is 18.2 Å². The Morgan fingerprint density at radius 2 is 1.28 bits per heavy atom. The minimum absolute atomic E-state index is 0.301. The van der Waals surface area contributed by atoms with Gasteiger partial charge in [0.05, 0.1) is 30.8 Å². The SMILES string of the molecule is CC(C=O)(COC(=O)C(C)(CO)CO)COC(=O)C(C)(CO)COC(=O)c1cccc2ccccc12. The number of ether oxygens (including phenoxy) is 3. The van der Waals surface area contributed by atoms with Crippen molar-refractivity contribution in [3.63, 3.8) is 0 Å². The van der Waals surface area contributed by atoms with Gasteiger partial charge in [-0.25, -0.2) is 4.79 Å². The molecule has 10 nitrogen and oxygen atoms in total. The lowest BCUT2D eigenvalue weighted by Crippen LogP contribution is -2.43. The maximum absolute atomic E-state index is 12.7. The summed E-state index contributed by atoms with van der Waals surface area (Å²) in [5.74, 6) is -2.53. The van der Waals surface area contributed by atoms with E-state index in [9.17, 15) is 34.5 Å². The first kappa shape index (κ1) is 28.9. The van der Waals surface area contributed by atoms with E-state index in [0.29, 0.717) is 17.2 Å². The maximum Gasteiger partial charge on any atom is 0.338 e. The number of hydrogen-bond donors (Lipinski definition) is 3. The molecule has 2 rings (SSSR count). The van der Waals surface area contributed by atoms with Gasteiger partial charge in [0.2, 0.25) is 0 Å². The zero-order chi connectivity index (χ0) is 27.0. The second-order valence-electron chi connectivity index (χ2n) is 9.62. The van der Waals surface area contributed by atoms with Crippen LogP contribution >= 0.6 is 0 Å². The molecule has 2 atom stereocenters. The van der Waals surface area contributed by atoms with Crippen LogP contribution in [0, 0.1) is 16.2 Å². The number of carbonyl (C=O) groups excluding carboxylic acids is 4. The molecule has 0 radical (unpaired) electrons. The Bertz CT molecular complexity index is 1090. The maximum atomic E-state index is 12.7. The summed E-state index contributed by atoms with van der Waals surface area (Å²) in [5.41, 5.74) is -4.31. The van der Waals surface area contributed by atoms with Crippen LogP contribution in [-0.4, -0.2) is 79.2 Å². The fourth-order valence-corrected chi connectivity index (χ4v) is 2.97. The summed E-state index contributed by atoms with van der Waals surface area (Å²) in [6, 6.07) is 12.4. The standard InChI is InChI=1S/C26H32O10/c1-24(11-27,15-35-22(32)25(2,12-28)13-29)16-36-23(33)26(3,14-30)17-34-21(31)20-10-6-8-18-7-4-5-9-19(18)20/h4-11,28-30H,12-17H2,1-3H3. The van der Waals surface area contributed by atoms with Gasteiger partial charge in [-0.15, -0.1) is 0 Å². The van der Waals surface area contributed by atoms with E-state index >= 15 is 0 Å². The summed E-state index contributed by atoms with van der Waals surface area (Å²) in [5, 5.41) is 29.9. The smallest absolute Gasteiger partial charge is 0.338 e.